The number of rotatable bonds is 11. The van der Waals surface area contributed by atoms with Crippen LogP contribution in [0.5, 0.6) is 0 Å². The molecule has 0 radical (unpaired) electrons. The molecule has 0 atom stereocenters. The summed E-state index contributed by atoms with van der Waals surface area (Å²) in [6.07, 6.45) is 6.51. The van der Waals surface area contributed by atoms with Gasteiger partial charge in [0, 0.05) is 63.7 Å². The van der Waals surface area contributed by atoms with Gasteiger partial charge in [-0.05, 0) is 31.7 Å². The minimum absolute atomic E-state index is 0.442. The number of likely N-dealkylation sites (tertiary alicyclic amines) is 1. The van der Waals surface area contributed by atoms with Crippen LogP contribution in [0.15, 0.2) is 18.3 Å². The van der Waals surface area contributed by atoms with Gasteiger partial charge in [0.2, 0.25) is 5.95 Å². The monoisotopic (exact) mass is 415 g/mol. The van der Waals surface area contributed by atoms with Crippen molar-refractivity contribution < 1.29 is 9.47 Å². The highest BCUT2D eigenvalue weighted by molar-refractivity contribution is 5.53. The summed E-state index contributed by atoms with van der Waals surface area (Å²) in [6.45, 7) is 5.19. The molecule has 0 bridgehead atoms. The molecule has 0 unspecified atom stereocenters. The van der Waals surface area contributed by atoms with E-state index in [9.17, 15) is 0 Å². The van der Waals surface area contributed by atoms with Crippen molar-refractivity contribution in [2.45, 2.75) is 37.6 Å². The minimum Gasteiger partial charge on any atom is -0.382 e. The van der Waals surface area contributed by atoms with Crippen molar-refractivity contribution in [2.24, 2.45) is 0 Å². The van der Waals surface area contributed by atoms with Crippen molar-refractivity contribution in [3.05, 3.63) is 24.0 Å². The molecule has 164 valence electrons. The summed E-state index contributed by atoms with van der Waals surface area (Å²) < 4.78 is 10.6. The Bertz CT molecular complexity index is 787. The summed E-state index contributed by atoms with van der Waals surface area (Å²) in [5.74, 6) is 2.99. The van der Waals surface area contributed by atoms with E-state index in [4.69, 9.17) is 14.5 Å². The van der Waals surface area contributed by atoms with Crippen molar-refractivity contribution in [3.63, 3.8) is 0 Å². The predicted molar refractivity (Wildman–Crippen MR) is 116 cm³/mol. The van der Waals surface area contributed by atoms with E-state index in [0.29, 0.717) is 25.2 Å². The molecule has 9 heteroatoms. The molecular formula is C21H33N7O2. The second-order valence-electron chi connectivity index (χ2n) is 8.14. The highest BCUT2D eigenvalue weighted by atomic mass is 16.5. The van der Waals surface area contributed by atoms with Crippen molar-refractivity contribution >= 4 is 17.6 Å². The third-order valence-electron chi connectivity index (χ3n) is 5.92. The molecule has 1 saturated heterocycles. The smallest absolute Gasteiger partial charge is 0.227 e. The van der Waals surface area contributed by atoms with E-state index in [0.717, 1.165) is 56.7 Å². The summed E-state index contributed by atoms with van der Waals surface area (Å²) in [7, 11) is 3.79. The summed E-state index contributed by atoms with van der Waals surface area (Å²) >= 11 is 0. The van der Waals surface area contributed by atoms with Crippen LogP contribution in [0, 0.1) is 0 Å². The molecule has 0 aromatic carbocycles. The SMILES string of the molecule is COCCOCCN1CCC(N(C)c2nccc(Nc3cc(C4CC4)[nH]n3)n2)CC1. The fourth-order valence-corrected chi connectivity index (χ4v) is 3.85. The van der Waals surface area contributed by atoms with Crippen LogP contribution in [0.1, 0.15) is 37.3 Å². The third kappa shape index (κ3) is 5.68. The van der Waals surface area contributed by atoms with E-state index in [1.165, 1.54) is 18.5 Å². The Labute approximate surface area is 178 Å². The number of aromatic nitrogens is 4. The lowest BCUT2D eigenvalue weighted by atomic mass is 10.0. The molecule has 3 heterocycles. The third-order valence-corrected chi connectivity index (χ3v) is 5.92. The van der Waals surface area contributed by atoms with Crippen molar-refractivity contribution in [3.8, 4) is 0 Å². The zero-order valence-corrected chi connectivity index (χ0v) is 18.0. The number of hydrogen-bond donors (Lipinski definition) is 2. The lowest BCUT2D eigenvalue weighted by Crippen LogP contribution is -2.44. The molecule has 4 rings (SSSR count). The van der Waals surface area contributed by atoms with Gasteiger partial charge in [-0.15, -0.1) is 0 Å². The van der Waals surface area contributed by atoms with Crippen molar-refractivity contribution in [2.75, 3.05) is 63.8 Å². The number of piperidine rings is 1. The quantitative estimate of drug-likeness (QED) is 0.541. The molecule has 2 aromatic rings. The number of anilines is 3. The zero-order chi connectivity index (χ0) is 20.8. The van der Waals surface area contributed by atoms with Crippen LogP contribution in [0.25, 0.3) is 0 Å². The van der Waals surface area contributed by atoms with E-state index in [1.807, 2.05) is 12.3 Å². The molecule has 2 aliphatic rings. The molecule has 2 fully saturated rings. The Balaban J connectivity index is 1.25. The lowest BCUT2D eigenvalue weighted by molar-refractivity contribution is 0.0532. The van der Waals surface area contributed by atoms with E-state index in [2.05, 4.69) is 43.4 Å². The number of aromatic amines is 1. The van der Waals surface area contributed by atoms with Gasteiger partial charge in [0.15, 0.2) is 5.82 Å². The zero-order valence-electron chi connectivity index (χ0n) is 18.0. The molecule has 1 aliphatic carbocycles. The minimum atomic E-state index is 0.442. The fraction of sp³-hybridized carbons (Fsp3) is 0.667. The Morgan fingerprint density at radius 2 is 2.00 bits per heavy atom. The van der Waals surface area contributed by atoms with E-state index >= 15 is 0 Å². The van der Waals surface area contributed by atoms with Gasteiger partial charge >= 0.3 is 0 Å². The van der Waals surface area contributed by atoms with Gasteiger partial charge in [0.1, 0.15) is 5.82 Å². The number of ether oxygens (including phenoxy) is 2. The first kappa shape index (κ1) is 21.0. The standard InChI is InChI=1S/C21H33N7O2/c1-27(17-6-9-28(10-7-17)11-12-30-14-13-29-2)21-22-8-5-19(24-21)23-20-15-18(25-26-20)16-3-4-16/h5,8,15-17H,3-4,6-7,9-14H2,1-2H3,(H2,22,23,24,25,26). The van der Waals surface area contributed by atoms with Crippen LogP contribution >= 0.6 is 0 Å². The van der Waals surface area contributed by atoms with E-state index in [1.54, 1.807) is 7.11 Å². The molecule has 1 aliphatic heterocycles. The Morgan fingerprint density at radius 3 is 2.77 bits per heavy atom. The van der Waals surface area contributed by atoms with Gasteiger partial charge in [0.05, 0.1) is 19.8 Å². The van der Waals surface area contributed by atoms with Crippen molar-refractivity contribution in [1.82, 2.24) is 25.1 Å². The summed E-state index contributed by atoms with van der Waals surface area (Å²) in [5.41, 5.74) is 1.21. The molecule has 0 spiro atoms. The van der Waals surface area contributed by atoms with Crippen molar-refractivity contribution in [1.29, 1.82) is 0 Å². The molecular weight excluding hydrogens is 382 g/mol. The van der Waals surface area contributed by atoms with Crippen LogP contribution < -0.4 is 10.2 Å². The lowest BCUT2D eigenvalue weighted by Gasteiger charge is -2.36. The maximum atomic E-state index is 5.59. The van der Waals surface area contributed by atoms with Crippen LogP contribution in [-0.4, -0.2) is 84.7 Å². The first-order chi connectivity index (χ1) is 14.7. The number of nitrogens with one attached hydrogen (secondary N) is 2. The average molecular weight is 416 g/mol. The molecule has 9 nitrogen and oxygen atoms in total. The second kappa shape index (κ2) is 10.2. The first-order valence-electron chi connectivity index (χ1n) is 10.9. The van der Waals surface area contributed by atoms with Crippen LogP contribution in [0.3, 0.4) is 0 Å². The fourth-order valence-electron chi connectivity index (χ4n) is 3.85. The van der Waals surface area contributed by atoms with Gasteiger partial charge in [0.25, 0.3) is 0 Å². The van der Waals surface area contributed by atoms with Gasteiger partial charge in [-0.3, -0.25) is 5.10 Å². The first-order valence-corrected chi connectivity index (χ1v) is 10.9. The Morgan fingerprint density at radius 1 is 1.17 bits per heavy atom. The van der Waals surface area contributed by atoms with Crippen LogP contribution in [0.4, 0.5) is 17.6 Å². The maximum absolute atomic E-state index is 5.59. The topological polar surface area (TPSA) is 91.4 Å². The van der Waals surface area contributed by atoms with Gasteiger partial charge in [-0.1, -0.05) is 0 Å². The maximum Gasteiger partial charge on any atom is 0.227 e. The Kier molecular flexibility index (Phi) is 7.14. The van der Waals surface area contributed by atoms with Gasteiger partial charge in [-0.2, -0.15) is 10.1 Å². The highest BCUT2D eigenvalue weighted by Gasteiger charge is 2.26. The van der Waals surface area contributed by atoms with Crippen LogP contribution in [-0.2, 0) is 9.47 Å². The Hall–Kier alpha value is -2.23. The number of hydrogen-bond acceptors (Lipinski definition) is 8. The largest absolute Gasteiger partial charge is 0.382 e. The molecule has 2 aromatic heterocycles. The van der Waals surface area contributed by atoms with Gasteiger partial charge < -0.3 is 24.6 Å². The number of methoxy groups -OCH3 is 1. The molecule has 0 amide bonds. The van der Waals surface area contributed by atoms with E-state index < -0.39 is 0 Å². The summed E-state index contributed by atoms with van der Waals surface area (Å²) in [5, 5.41) is 10.8. The predicted octanol–water partition coefficient (Wildman–Crippen LogP) is 2.38. The second-order valence-corrected chi connectivity index (χ2v) is 8.14. The number of H-pyrrole nitrogens is 1. The molecule has 2 N–H and O–H groups in total. The molecule has 1 saturated carbocycles. The summed E-state index contributed by atoms with van der Waals surface area (Å²) in [4.78, 5) is 13.9. The van der Waals surface area contributed by atoms with Gasteiger partial charge in [-0.25, -0.2) is 4.98 Å². The average Bonchev–Trinajstić information content (AvgIpc) is 3.53. The van der Waals surface area contributed by atoms with Crippen LogP contribution in [0.2, 0.25) is 0 Å². The summed E-state index contributed by atoms with van der Waals surface area (Å²) in [6, 6.07) is 4.41. The van der Waals surface area contributed by atoms with E-state index in [-0.39, 0.29) is 0 Å². The number of nitrogens with zero attached hydrogens (tertiary/aromatic N) is 5. The normalized spacial score (nSPS) is 17.9. The highest BCUT2D eigenvalue weighted by Crippen LogP contribution is 2.39. The molecule has 30 heavy (non-hydrogen) atoms.